The predicted molar refractivity (Wildman–Crippen MR) is 182 cm³/mol. The minimum absolute atomic E-state index is 0.00105. The highest BCUT2D eigenvalue weighted by Crippen LogP contribution is 2.42. The average Bonchev–Trinajstić information content (AvgIpc) is 3.78. The van der Waals surface area contributed by atoms with E-state index in [0.29, 0.717) is 45.9 Å². The van der Waals surface area contributed by atoms with E-state index in [4.69, 9.17) is 54.9 Å². The van der Waals surface area contributed by atoms with Crippen molar-refractivity contribution < 1.29 is 29.1 Å². The second-order valence-electron chi connectivity index (χ2n) is 10.0. The zero-order valence-corrected chi connectivity index (χ0v) is 28.4. The number of nitrogens with two attached hydrogens (primary N) is 1. The van der Waals surface area contributed by atoms with Crippen molar-refractivity contribution in [2.75, 3.05) is 26.0 Å². The van der Waals surface area contributed by atoms with Crippen LogP contribution in [0.15, 0.2) is 65.3 Å². The zero-order valence-electron chi connectivity index (χ0n) is 26.1. The van der Waals surface area contributed by atoms with Crippen LogP contribution in [0.2, 0.25) is 15.1 Å². The molecule has 5 rings (SSSR count). The second kappa shape index (κ2) is 19.1. The SMILES string of the molecule is CCOc1ccc(C(C)(O)CC)c(Cl)c1.CO.Clc1cccc(Cl)c1-c1cc(C2CC2)on1.Nc1cc(C(=O)NCC=O)ccn1. The number of benzene rings is 2. The van der Waals surface area contributed by atoms with Gasteiger partial charge in [0.1, 0.15) is 29.3 Å². The Labute approximate surface area is 283 Å². The number of hydrogen-bond acceptors (Lipinski definition) is 9. The van der Waals surface area contributed by atoms with Crippen LogP contribution >= 0.6 is 34.8 Å². The molecular weight excluding hydrogens is 655 g/mol. The lowest BCUT2D eigenvalue weighted by atomic mass is 9.93. The number of hydrogen-bond donors (Lipinski definition) is 4. The van der Waals surface area contributed by atoms with Crippen LogP contribution in [-0.2, 0) is 10.4 Å². The van der Waals surface area contributed by atoms with Gasteiger partial charge in [-0.1, -0.05) is 59.0 Å². The molecule has 10 nitrogen and oxygen atoms in total. The maximum absolute atomic E-state index is 11.2. The largest absolute Gasteiger partial charge is 0.494 e. The molecule has 248 valence electrons. The Bertz CT molecular complexity index is 1540. The number of anilines is 1. The molecule has 2 heterocycles. The molecule has 4 aromatic rings. The van der Waals surface area contributed by atoms with E-state index < -0.39 is 5.60 Å². The van der Waals surface area contributed by atoms with Gasteiger partial charge in [-0.25, -0.2) is 4.98 Å². The predicted octanol–water partition coefficient (Wildman–Crippen LogP) is 7.08. The maximum Gasteiger partial charge on any atom is 0.251 e. The Hall–Kier alpha value is -3.67. The minimum Gasteiger partial charge on any atom is -0.494 e. The molecule has 1 unspecified atom stereocenters. The van der Waals surface area contributed by atoms with E-state index in [9.17, 15) is 14.7 Å². The number of nitrogens with zero attached hydrogens (tertiary/aromatic N) is 2. The quantitative estimate of drug-likeness (QED) is 0.134. The highest BCUT2D eigenvalue weighted by atomic mass is 35.5. The Morgan fingerprint density at radius 2 is 1.76 bits per heavy atom. The van der Waals surface area contributed by atoms with Crippen molar-refractivity contribution in [3.8, 4) is 17.0 Å². The lowest BCUT2D eigenvalue weighted by molar-refractivity contribution is -0.107. The van der Waals surface area contributed by atoms with Crippen LogP contribution in [0, 0.1) is 0 Å². The van der Waals surface area contributed by atoms with E-state index in [1.807, 2.05) is 38.1 Å². The third kappa shape index (κ3) is 11.6. The Morgan fingerprint density at radius 1 is 1.09 bits per heavy atom. The summed E-state index contributed by atoms with van der Waals surface area (Å²) in [6.45, 7) is 6.21. The van der Waals surface area contributed by atoms with Gasteiger partial charge in [0.25, 0.3) is 5.91 Å². The fraction of sp³-hybridized carbons (Fsp3) is 0.333. The summed E-state index contributed by atoms with van der Waals surface area (Å²) >= 11 is 18.3. The molecule has 1 aliphatic rings. The number of nitrogens with one attached hydrogen (secondary N) is 1. The molecule has 0 bridgehead atoms. The highest BCUT2D eigenvalue weighted by molar-refractivity contribution is 6.39. The topological polar surface area (TPSA) is 161 Å². The second-order valence-corrected chi connectivity index (χ2v) is 11.3. The van der Waals surface area contributed by atoms with Crippen molar-refractivity contribution in [1.29, 1.82) is 0 Å². The summed E-state index contributed by atoms with van der Waals surface area (Å²) < 4.78 is 10.6. The number of amides is 1. The summed E-state index contributed by atoms with van der Waals surface area (Å²) in [5.41, 5.74) is 7.11. The number of carbonyl (C=O) groups excluding carboxylic acids is 2. The summed E-state index contributed by atoms with van der Waals surface area (Å²) in [5.74, 6) is 2.16. The first-order valence-corrected chi connectivity index (χ1v) is 15.6. The lowest BCUT2D eigenvalue weighted by Crippen LogP contribution is -2.25. The number of aromatic nitrogens is 2. The van der Waals surface area contributed by atoms with E-state index in [2.05, 4.69) is 15.5 Å². The normalized spacial score (nSPS) is 12.9. The highest BCUT2D eigenvalue weighted by Gasteiger charge is 2.28. The summed E-state index contributed by atoms with van der Waals surface area (Å²) in [6.07, 6.45) is 5.05. The molecule has 1 fully saturated rings. The number of aliphatic hydroxyl groups excluding tert-OH is 1. The molecule has 2 aromatic carbocycles. The first kappa shape index (κ1) is 38.5. The van der Waals surface area contributed by atoms with Gasteiger partial charge in [-0.15, -0.1) is 0 Å². The monoisotopic (exact) mass is 692 g/mol. The van der Waals surface area contributed by atoms with Crippen LogP contribution < -0.4 is 15.8 Å². The van der Waals surface area contributed by atoms with Crippen LogP contribution in [0.1, 0.15) is 67.6 Å². The van der Waals surface area contributed by atoms with Crippen LogP contribution in [-0.4, -0.2) is 52.8 Å². The number of halogens is 3. The number of aliphatic hydroxyl groups is 2. The van der Waals surface area contributed by atoms with Gasteiger partial charge < -0.3 is 35.3 Å². The van der Waals surface area contributed by atoms with Crippen LogP contribution in [0.3, 0.4) is 0 Å². The summed E-state index contributed by atoms with van der Waals surface area (Å²) in [6, 6.07) is 15.7. The Morgan fingerprint density at radius 3 is 2.30 bits per heavy atom. The number of rotatable bonds is 9. The molecular formula is C33H39Cl3N4O6. The fourth-order valence-electron chi connectivity index (χ4n) is 3.92. The number of carbonyl (C=O) groups is 2. The van der Waals surface area contributed by atoms with Crippen molar-refractivity contribution in [3.63, 3.8) is 0 Å². The van der Waals surface area contributed by atoms with E-state index in [0.717, 1.165) is 35.4 Å². The maximum atomic E-state index is 11.2. The first-order chi connectivity index (χ1) is 22.0. The minimum atomic E-state index is -0.873. The summed E-state index contributed by atoms with van der Waals surface area (Å²) in [7, 11) is 1.00. The van der Waals surface area contributed by atoms with Crippen LogP contribution in [0.4, 0.5) is 5.82 Å². The van der Waals surface area contributed by atoms with Gasteiger partial charge in [-0.05, 0) is 69.5 Å². The van der Waals surface area contributed by atoms with E-state index in [1.54, 1.807) is 25.1 Å². The molecule has 2 aromatic heterocycles. The van der Waals surface area contributed by atoms with Gasteiger partial charge in [0.05, 0.1) is 33.8 Å². The molecule has 0 spiro atoms. The molecule has 13 heteroatoms. The van der Waals surface area contributed by atoms with Crippen molar-refractivity contribution in [2.45, 2.75) is 51.6 Å². The molecule has 1 aliphatic carbocycles. The third-order valence-electron chi connectivity index (χ3n) is 6.64. The number of ether oxygens (including phenoxy) is 1. The third-order valence-corrected chi connectivity index (χ3v) is 7.58. The molecule has 1 atom stereocenters. The van der Waals surface area contributed by atoms with Crippen molar-refractivity contribution in [1.82, 2.24) is 15.5 Å². The van der Waals surface area contributed by atoms with Crippen molar-refractivity contribution in [2.24, 2.45) is 0 Å². The lowest BCUT2D eigenvalue weighted by Gasteiger charge is -2.23. The van der Waals surface area contributed by atoms with E-state index in [-0.39, 0.29) is 18.3 Å². The molecule has 0 saturated heterocycles. The number of nitrogen functional groups attached to an aromatic ring is 1. The number of aldehydes is 1. The van der Waals surface area contributed by atoms with Gasteiger partial charge >= 0.3 is 0 Å². The average molecular weight is 694 g/mol. The van der Waals surface area contributed by atoms with Crippen molar-refractivity contribution in [3.05, 3.63) is 92.7 Å². The molecule has 1 saturated carbocycles. The van der Waals surface area contributed by atoms with Crippen LogP contribution in [0.5, 0.6) is 5.75 Å². The molecule has 0 aliphatic heterocycles. The number of pyridine rings is 1. The van der Waals surface area contributed by atoms with Crippen molar-refractivity contribution >= 4 is 52.8 Å². The van der Waals surface area contributed by atoms with E-state index >= 15 is 0 Å². The molecule has 0 radical (unpaired) electrons. The summed E-state index contributed by atoms with van der Waals surface area (Å²) in [4.78, 5) is 24.9. The fourth-order valence-corrected chi connectivity index (χ4v) is 4.88. The van der Waals surface area contributed by atoms with Gasteiger partial charge in [0, 0.05) is 42.0 Å². The van der Waals surface area contributed by atoms with E-state index in [1.165, 1.54) is 31.2 Å². The molecule has 1 amide bonds. The van der Waals surface area contributed by atoms with Gasteiger partial charge in [-0.3, -0.25) is 4.79 Å². The van der Waals surface area contributed by atoms with Gasteiger partial charge in [0.15, 0.2) is 0 Å². The van der Waals surface area contributed by atoms with Crippen LogP contribution in [0.25, 0.3) is 11.3 Å². The smallest absolute Gasteiger partial charge is 0.251 e. The Balaban J connectivity index is 0.000000235. The first-order valence-electron chi connectivity index (χ1n) is 14.4. The molecule has 5 N–H and O–H groups in total. The summed E-state index contributed by atoms with van der Waals surface area (Å²) in [5, 5.41) is 25.2. The zero-order chi connectivity index (χ0) is 34.3. The Kier molecular flexibility index (Phi) is 16.0. The standard InChI is InChI=1S/C12H9Cl2NO.C12H17ClO2.C8H9N3O2.CH4O/c13-8-2-1-3-9(14)12(8)10-6-11(16-15-10)7-4-5-7;1-4-12(3,14)10-7-6-9(15-5-2)8-11(10)13;9-7-5-6(1-2-10-7)8(13)11-3-4-12;1-2/h1-3,6-7H,4-5H2;6-8,14H,4-5H2,1-3H3;1-2,4-5H,3H2,(H2,9,10)(H,11,13);2H,1H3. The van der Waals surface area contributed by atoms with Gasteiger partial charge in [0.2, 0.25) is 0 Å². The molecule has 46 heavy (non-hydrogen) atoms. The van der Waals surface area contributed by atoms with Gasteiger partial charge in [-0.2, -0.15) is 0 Å².